The number of ether oxygens (including phenoxy) is 1. The van der Waals surface area contributed by atoms with Crippen molar-refractivity contribution in [2.75, 3.05) is 0 Å². The summed E-state index contributed by atoms with van der Waals surface area (Å²) in [5.74, 6) is -0.861. The summed E-state index contributed by atoms with van der Waals surface area (Å²) >= 11 is 0. The van der Waals surface area contributed by atoms with Gasteiger partial charge >= 0.3 is 5.97 Å². The van der Waals surface area contributed by atoms with E-state index in [0.29, 0.717) is 0 Å². The number of ketones is 1. The van der Waals surface area contributed by atoms with Crippen molar-refractivity contribution in [1.29, 1.82) is 0 Å². The number of nitrogens with one attached hydrogen (secondary N) is 1. The number of rotatable bonds is 3. The quantitative estimate of drug-likeness (QED) is 0.834. The van der Waals surface area contributed by atoms with Gasteiger partial charge in [0.25, 0.3) is 0 Å². The summed E-state index contributed by atoms with van der Waals surface area (Å²) in [6.45, 7) is 1.85. The third kappa shape index (κ3) is 3.11. The summed E-state index contributed by atoms with van der Waals surface area (Å²) in [5, 5.41) is 0. The lowest BCUT2D eigenvalue weighted by Crippen LogP contribution is -2.38. The first-order chi connectivity index (χ1) is 10.8. The molecule has 3 rings (SSSR count). The number of sulfonamides is 1. The second kappa shape index (κ2) is 5.43. The van der Waals surface area contributed by atoms with E-state index in [1.165, 1.54) is 36.4 Å². The van der Waals surface area contributed by atoms with Crippen molar-refractivity contribution in [3.8, 4) is 0 Å². The van der Waals surface area contributed by atoms with Crippen LogP contribution in [-0.2, 0) is 24.3 Å². The molecule has 1 N–H and O–H groups in total. The third-order valence-electron chi connectivity index (χ3n) is 3.79. The fourth-order valence-corrected chi connectivity index (χ4v) is 3.71. The highest BCUT2D eigenvalue weighted by Gasteiger charge is 2.46. The Balaban J connectivity index is 1.79. The van der Waals surface area contributed by atoms with Gasteiger partial charge < -0.3 is 4.74 Å². The zero-order chi connectivity index (χ0) is 16.7. The Kier molecular flexibility index (Phi) is 3.69. The van der Waals surface area contributed by atoms with Crippen LogP contribution in [-0.4, -0.2) is 31.8 Å². The largest absolute Gasteiger partial charge is 0.449 e. The van der Waals surface area contributed by atoms with Gasteiger partial charge in [-0.05, 0) is 43.4 Å². The maximum Gasteiger partial charge on any atom is 0.325 e. The zero-order valence-corrected chi connectivity index (χ0v) is 13.2. The van der Waals surface area contributed by atoms with Crippen molar-refractivity contribution in [1.82, 2.24) is 4.72 Å². The summed E-state index contributed by atoms with van der Waals surface area (Å²) in [6.07, 6.45) is 5.69. The average molecular weight is 333 g/mol. The molecule has 0 aromatic heterocycles. The molecule has 1 heterocycles. The predicted octanol–water partition coefficient (Wildman–Crippen LogP) is 1.02. The molecule has 1 spiro atoms. The number of benzene rings is 1. The minimum absolute atomic E-state index is 0.0850. The van der Waals surface area contributed by atoms with E-state index in [2.05, 4.69) is 4.72 Å². The second-order valence-corrected chi connectivity index (χ2v) is 7.35. The van der Waals surface area contributed by atoms with Crippen LogP contribution in [0.25, 0.3) is 0 Å². The van der Waals surface area contributed by atoms with Crippen LogP contribution >= 0.6 is 0 Å². The number of allylic oxidation sites excluding steroid dienone is 2. The smallest absolute Gasteiger partial charge is 0.325 e. The van der Waals surface area contributed by atoms with Crippen molar-refractivity contribution in [3.05, 3.63) is 54.1 Å². The molecule has 1 aliphatic heterocycles. The summed E-state index contributed by atoms with van der Waals surface area (Å²) in [4.78, 5) is 23.3. The van der Waals surface area contributed by atoms with Gasteiger partial charge in [-0.3, -0.25) is 9.59 Å². The van der Waals surface area contributed by atoms with Gasteiger partial charge in [0, 0.05) is 6.42 Å². The molecule has 120 valence electrons. The van der Waals surface area contributed by atoms with Crippen LogP contribution < -0.4 is 4.72 Å². The highest BCUT2D eigenvalue weighted by molar-refractivity contribution is 7.89. The van der Waals surface area contributed by atoms with Gasteiger partial charge in [0.1, 0.15) is 6.04 Å². The van der Waals surface area contributed by atoms with E-state index in [9.17, 15) is 18.0 Å². The van der Waals surface area contributed by atoms with Gasteiger partial charge in [-0.25, -0.2) is 8.42 Å². The molecule has 1 unspecified atom stereocenters. The van der Waals surface area contributed by atoms with Crippen molar-refractivity contribution < 1.29 is 22.7 Å². The van der Waals surface area contributed by atoms with Gasteiger partial charge in [-0.2, -0.15) is 4.72 Å². The summed E-state index contributed by atoms with van der Waals surface area (Å²) < 4.78 is 32.3. The van der Waals surface area contributed by atoms with E-state index in [1.54, 1.807) is 12.1 Å². The highest BCUT2D eigenvalue weighted by Crippen LogP contribution is 2.32. The lowest BCUT2D eigenvalue weighted by atomic mass is 9.93. The number of carbonyl (C=O) groups is 2. The van der Waals surface area contributed by atoms with E-state index >= 15 is 0 Å². The van der Waals surface area contributed by atoms with E-state index in [1.807, 2.05) is 6.92 Å². The molecule has 0 bridgehead atoms. The Morgan fingerprint density at radius 2 is 1.74 bits per heavy atom. The lowest BCUT2D eigenvalue weighted by Gasteiger charge is -2.21. The van der Waals surface area contributed by atoms with Crippen LogP contribution in [0, 0.1) is 6.92 Å². The number of hydrogen-bond donors (Lipinski definition) is 1. The first-order valence-corrected chi connectivity index (χ1v) is 8.52. The molecule has 2 aliphatic rings. The van der Waals surface area contributed by atoms with E-state index in [0.717, 1.165) is 5.56 Å². The SMILES string of the molecule is Cc1ccc(S(=O)(=O)NC2CC3(C=CC(=O)C=C3)OC2=O)cc1. The molecule has 1 fully saturated rings. The fraction of sp³-hybridized carbons (Fsp3) is 0.250. The molecule has 1 aromatic rings. The topological polar surface area (TPSA) is 89.5 Å². The molecule has 1 aromatic carbocycles. The Morgan fingerprint density at radius 1 is 1.13 bits per heavy atom. The van der Waals surface area contributed by atoms with Crippen molar-refractivity contribution in [3.63, 3.8) is 0 Å². The molecule has 0 radical (unpaired) electrons. The number of carbonyl (C=O) groups excluding carboxylic acids is 2. The highest BCUT2D eigenvalue weighted by atomic mass is 32.2. The van der Waals surface area contributed by atoms with Crippen molar-refractivity contribution in [2.45, 2.75) is 29.9 Å². The molecule has 23 heavy (non-hydrogen) atoms. The van der Waals surface area contributed by atoms with E-state index in [4.69, 9.17) is 4.74 Å². The van der Waals surface area contributed by atoms with E-state index in [-0.39, 0.29) is 17.1 Å². The summed E-state index contributed by atoms with van der Waals surface area (Å²) in [7, 11) is -3.83. The van der Waals surface area contributed by atoms with E-state index < -0.39 is 27.6 Å². The Bertz CT molecular complexity index is 805. The molecule has 0 amide bonds. The Morgan fingerprint density at radius 3 is 2.35 bits per heavy atom. The lowest BCUT2D eigenvalue weighted by molar-refractivity contribution is -0.144. The standard InChI is InChI=1S/C16H15NO5S/c1-11-2-4-13(5-3-11)23(20,21)17-14-10-16(22-15(14)19)8-6-12(18)7-9-16/h2-9,14,17H,10H2,1H3. The van der Waals surface area contributed by atoms with Crippen LogP contribution in [0.2, 0.25) is 0 Å². The molecule has 0 saturated carbocycles. The Labute approximate surface area is 133 Å². The predicted molar refractivity (Wildman–Crippen MR) is 82.0 cm³/mol. The number of aryl methyl sites for hydroxylation is 1. The maximum absolute atomic E-state index is 12.4. The average Bonchev–Trinajstić information content (AvgIpc) is 2.78. The third-order valence-corrected chi connectivity index (χ3v) is 5.27. The first kappa shape index (κ1) is 15.6. The monoisotopic (exact) mass is 333 g/mol. The van der Waals surface area contributed by atoms with Crippen molar-refractivity contribution >= 4 is 21.8 Å². The molecule has 1 atom stereocenters. The molecule has 1 aliphatic carbocycles. The van der Waals surface area contributed by atoms with Gasteiger partial charge in [0.2, 0.25) is 10.0 Å². The minimum atomic E-state index is -3.83. The molecule has 7 heteroatoms. The Hall–Kier alpha value is -2.25. The van der Waals surface area contributed by atoms with Gasteiger partial charge in [0.05, 0.1) is 4.90 Å². The molecular weight excluding hydrogens is 318 g/mol. The second-order valence-electron chi connectivity index (χ2n) is 5.64. The van der Waals surface area contributed by atoms with Crippen LogP contribution in [0.5, 0.6) is 0 Å². The van der Waals surface area contributed by atoms with Gasteiger partial charge in [-0.15, -0.1) is 0 Å². The van der Waals surface area contributed by atoms with Crippen LogP contribution in [0.4, 0.5) is 0 Å². The van der Waals surface area contributed by atoms with Crippen LogP contribution in [0.3, 0.4) is 0 Å². The van der Waals surface area contributed by atoms with Gasteiger partial charge in [0.15, 0.2) is 11.4 Å². The van der Waals surface area contributed by atoms with Gasteiger partial charge in [-0.1, -0.05) is 17.7 Å². The van der Waals surface area contributed by atoms with Crippen LogP contribution in [0.1, 0.15) is 12.0 Å². The summed E-state index contributed by atoms with van der Waals surface area (Å²) in [6, 6.07) is 5.33. The fourth-order valence-electron chi connectivity index (χ4n) is 2.53. The zero-order valence-electron chi connectivity index (χ0n) is 12.4. The van der Waals surface area contributed by atoms with Crippen LogP contribution in [0.15, 0.2) is 53.5 Å². The number of hydrogen-bond acceptors (Lipinski definition) is 5. The minimum Gasteiger partial charge on any atom is -0.449 e. The first-order valence-electron chi connectivity index (χ1n) is 7.04. The molecular formula is C16H15NO5S. The number of esters is 1. The molecule has 6 nitrogen and oxygen atoms in total. The molecule has 1 saturated heterocycles. The summed E-state index contributed by atoms with van der Waals surface area (Å²) in [5.41, 5.74) is -0.115. The normalized spacial score (nSPS) is 22.6. The van der Waals surface area contributed by atoms with Crippen molar-refractivity contribution in [2.24, 2.45) is 0 Å². The maximum atomic E-state index is 12.4.